The molecule has 0 saturated carbocycles. The SMILES string of the molecule is Cc1ncc(C#Cc2ccc(COc3cccc(-c4cc(F)c(Cc5nc6ccc(C(=O)O)cc6n5C[C@@H]5CCO5)cc4F)n3)c(F)c2)cn1. The number of imidazole rings is 1. The smallest absolute Gasteiger partial charge is 0.335 e. The van der Waals surface area contributed by atoms with Crippen LogP contribution in [0.4, 0.5) is 13.2 Å². The fourth-order valence-electron chi connectivity index (χ4n) is 5.51. The van der Waals surface area contributed by atoms with E-state index in [4.69, 9.17) is 9.47 Å². The molecule has 0 amide bonds. The number of fused-ring (bicyclic) bond motifs is 1. The van der Waals surface area contributed by atoms with Crippen LogP contribution in [0.5, 0.6) is 5.88 Å². The maximum atomic E-state index is 15.6. The maximum absolute atomic E-state index is 15.6. The third kappa shape index (κ3) is 7.04. The van der Waals surface area contributed by atoms with Crippen molar-refractivity contribution in [2.75, 3.05) is 6.61 Å². The second-order valence-electron chi connectivity index (χ2n) is 11.8. The van der Waals surface area contributed by atoms with Crippen molar-refractivity contribution in [1.29, 1.82) is 0 Å². The zero-order valence-corrected chi connectivity index (χ0v) is 26.7. The molecule has 3 aromatic carbocycles. The third-order valence-corrected chi connectivity index (χ3v) is 8.30. The molecule has 7 rings (SSSR count). The van der Waals surface area contributed by atoms with Crippen LogP contribution in [-0.4, -0.2) is 48.3 Å². The summed E-state index contributed by atoms with van der Waals surface area (Å²) in [6, 6.07) is 15.9. The molecule has 1 aliphatic rings. The molecule has 1 N–H and O–H groups in total. The molecule has 0 aliphatic carbocycles. The van der Waals surface area contributed by atoms with Gasteiger partial charge in [0.1, 0.15) is 35.7 Å². The number of halogens is 3. The lowest BCUT2D eigenvalue weighted by atomic mass is 10.0. The van der Waals surface area contributed by atoms with E-state index in [1.54, 1.807) is 49.6 Å². The summed E-state index contributed by atoms with van der Waals surface area (Å²) in [5.74, 6) is 3.98. The summed E-state index contributed by atoms with van der Waals surface area (Å²) in [5, 5.41) is 9.49. The van der Waals surface area contributed by atoms with Crippen LogP contribution < -0.4 is 4.74 Å². The lowest BCUT2D eigenvalue weighted by Crippen LogP contribution is -2.31. The Balaban J connectivity index is 1.08. The predicted octanol–water partition coefficient (Wildman–Crippen LogP) is 6.67. The van der Waals surface area contributed by atoms with E-state index in [1.807, 2.05) is 4.57 Å². The second-order valence-corrected chi connectivity index (χ2v) is 11.8. The van der Waals surface area contributed by atoms with Gasteiger partial charge in [0.2, 0.25) is 5.88 Å². The van der Waals surface area contributed by atoms with Crippen LogP contribution in [0.1, 0.15) is 50.7 Å². The van der Waals surface area contributed by atoms with Gasteiger partial charge in [-0.2, -0.15) is 0 Å². The third-order valence-electron chi connectivity index (χ3n) is 8.30. The van der Waals surface area contributed by atoms with Crippen molar-refractivity contribution in [3.05, 3.63) is 136 Å². The van der Waals surface area contributed by atoms with Crippen molar-refractivity contribution in [1.82, 2.24) is 24.5 Å². The minimum absolute atomic E-state index is 0.0419. The minimum Gasteiger partial charge on any atom is -0.478 e. The van der Waals surface area contributed by atoms with Crippen LogP contribution in [0, 0.1) is 36.2 Å². The molecule has 0 radical (unpaired) electrons. The highest BCUT2D eigenvalue weighted by Crippen LogP contribution is 2.29. The van der Waals surface area contributed by atoms with Gasteiger partial charge in [-0.1, -0.05) is 24.0 Å². The van der Waals surface area contributed by atoms with Gasteiger partial charge in [0.05, 0.1) is 40.5 Å². The minimum atomic E-state index is -1.08. The summed E-state index contributed by atoms with van der Waals surface area (Å²) in [6.45, 7) is 2.64. The van der Waals surface area contributed by atoms with E-state index in [9.17, 15) is 14.3 Å². The quantitative estimate of drug-likeness (QED) is 0.169. The average Bonchev–Trinajstić information content (AvgIpc) is 3.43. The van der Waals surface area contributed by atoms with Crippen molar-refractivity contribution < 1.29 is 32.5 Å². The molecule has 0 bridgehead atoms. The summed E-state index contributed by atoms with van der Waals surface area (Å²) in [6.07, 6.45) is 3.89. The zero-order valence-electron chi connectivity index (χ0n) is 26.7. The Morgan fingerprint density at radius 2 is 1.72 bits per heavy atom. The zero-order chi connectivity index (χ0) is 34.8. The summed E-state index contributed by atoms with van der Waals surface area (Å²) < 4.78 is 59.1. The lowest BCUT2D eigenvalue weighted by Gasteiger charge is -2.27. The number of carbonyl (C=O) groups is 1. The van der Waals surface area contributed by atoms with Crippen LogP contribution in [0.15, 0.2) is 79.1 Å². The van der Waals surface area contributed by atoms with Crippen LogP contribution in [0.25, 0.3) is 22.3 Å². The first-order chi connectivity index (χ1) is 24.2. The fraction of sp³-hybridized carbons (Fsp3) is 0.184. The number of carboxylic acids is 1. The van der Waals surface area contributed by atoms with Crippen molar-refractivity contribution in [3.8, 4) is 29.0 Å². The van der Waals surface area contributed by atoms with Gasteiger partial charge in [0, 0.05) is 48.2 Å². The van der Waals surface area contributed by atoms with Crippen LogP contribution >= 0.6 is 0 Å². The van der Waals surface area contributed by atoms with Gasteiger partial charge in [-0.25, -0.2) is 37.9 Å². The highest BCUT2D eigenvalue weighted by atomic mass is 19.1. The number of hydrogen-bond acceptors (Lipinski definition) is 7. The van der Waals surface area contributed by atoms with Gasteiger partial charge >= 0.3 is 5.97 Å². The van der Waals surface area contributed by atoms with Crippen molar-refractivity contribution in [2.24, 2.45) is 0 Å². The maximum Gasteiger partial charge on any atom is 0.335 e. The highest BCUT2D eigenvalue weighted by Gasteiger charge is 2.24. The van der Waals surface area contributed by atoms with Crippen LogP contribution in [0.2, 0.25) is 0 Å². The Morgan fingerprint density at radius 3 is 2.46 bits per heavy atom. The van der Waals surface area contributed by atoms with Gasteiger partial charge in [0.25, 0.3) is 0 Å². The molecule has 9 nitrogen and oxygen atoms in total. The number of hydrogen-bond donors (Lipinski definition) is 1. The summed E-state index contributed by atoms with van der Waals surface area (Å²) in [7, 11) is 0. The molecule has 6 aromatic rings. The molecule has 50 heavy (non-hydrogen) atoms. The Hall–Kier alpha value is -6.06. The first-order valence-corrected chi connectivity index (χ1v) is 15.7. The van der Waals surface area contributed by atoms with Gasteiger partial charge < -0.3 is 19.1 Å². The summed E-state index contributed by atoms with van der Waals surface area (Å²) >= 11 is 0. The van der Waals surface area contributed by atoms with Crippen molar-refractivity contribution >= 4 is 17.0 Å². The molecule has 1 fully saturated rings. The molecule has 3 aromatic heterocycles. The van der Waals surface area contributed by atoms with Crippen LogP contribution in [0.3, 0.4) is 0 Å². The topological polar surface area (TPSA) is 112 Å². The lowest BCUT2D eigenvalue weighted by molar-refractivity contribution is -0.0589. The molecule has 1 saturated heterocycles. The average molecular weight is 676 g/mol. The number of pyridine rings is 1. The first kappa shape index (κ1) is 32.5. The Bertz CT molecular complexity index is 2310. The van der Waals surface area contributed by atoms with Crippen molar-refractivity contribution in [2.45, 2.75) is 39.0 Å². The Morgan fingerprint density at radius 1 is 0.940 bits per heavy atom. The highest BCUT2D eigenvalue weighted by molar-refractivity contribution is 5.92. The number of rotatable bonds is 9. The number of nitrogens with zero attached hydrogens (tertiary/aromatic N) is 5. The largest absolute Gasteiger partial charge is 0.478 e. The van der Waals surface area contributed by atoms with E-state index < -0.39 is 23.4 Å². The van der Waals surface area contributed by atoms with Gasteiger partial charge in [-0.05, 0) is 67.4 Å². The number of benzene rings is 3. The normalized spacial score (nSPS) is 13.8. The Labute approximate surface area is 284 Å². The summed E-state index contributed by atoms with van der Waals surface area (Å²) in [4.78, 5) is 28.7. The molecular formula is C38H28F3N5O4. The molecule has 1 atom stereocenters. The second kappa shape index (κ2) is 13.8. The monoisotopic (exact) mass is 675 g/mol. The molecule has 4 heterocycles. The van der Waals surface area contributed by atoms with Gasteiger partial charge in [0.15, 0.2) is 0 Å². The first-order valence-electron chi connectivity index (χ1n) is 15.7. The van der Waals surface area contributed by atoms with Gasteiger partial charge in [-0.3, -0.25) is 0 Å². The van der Waals surface area contributed by atoms with Crippen molar-refractivity contribution in [3.63, 3.8) is 0 Å². The number of aryl methyl sites for hydroxylation is 1. The molecule has 250 valence electrons. The summed E-state index contributed by atoms with van der Waals surface area (Å²) in [5.41, 5.74) is 2.67. The van der Waals surface area contributed by atoms with E-state index in [0.717, 1.165) is 18.6 Å². The number of ether oxygens (including phenoxy) is 2. The molecular weight excluding hydrogens is 647 g/mol. The fourth-order valence-corrected chi connectivity index (χ4v) is 5.51. The van der Waals surface area contributed by atoms with E-state index >= 15 is 8.78 Å². The van der Waals surface area contributed by atoms with E-state index in [2.05, 4.69) is 31.8 Å². The Kier molecular flexibility index (Phi) is 8.98. The number of aromatic carboxylic acids is 1. The molecule has 0 unspecified atom stereocenters. The van der Waals surface area contributed by atoms with E-state index in [0.29, 0.717) is 47.0 Å². The standard InChI is InChI=1S/C38H28F3N5O4/c1-22-42-18-24(19-43-22)6-5-23-7-8-26(30(39)13-23)21-50-37-4-2-3-33(45-37)29-17-31(40)27(14-32(29)41)16-36-44-34-10-9-25(38(47)48)15-35(34)46(36)20-28-11-12-49-28/h2-4,7-10,13-15,17-19,28H,11-12,16,20-21H2,1H3,(H,47,48)/t28-/m0/s1. The van der Waals surface area contributed by atoms with Gasteiger partial charge in [-0.15, -0.1) is 0 Å². The molecule has 12 heteroatoms. The number of aromatic nitrogens is 5. The van der Waals surface area contributed by atoms with E-state index in [-0.39, 0.29) is 53.0 Å². The molecule has 0 spiro atoms. The van der Waals surface area contributed by atoms with E-state index in [1.165, 1.54) is 24.3 Å². The molecule has 1 aliphatic heterocycles. The number of carboxylic acid groups (broad SMARTS) is 1. The predicted molar refractivity (Wildman–Crippen MR) is 177 cm³/mol. The van der Waals surface area contributed by atoms with Crippen LogP contribution in [-0.2, 0) is 24.3 Å².